The number of hydrogen-bond donors (Lipinski definition) is 2. The lowest BCUT2D eigenvalue weighted by Gasteiger charge is -2.27. The average Bonchev–Trinajstić information content (AvgIpc) is 2.14. The number of carbonyl (C=O) groups is 1. The van der Waals surface area contributed by atoms with Gasteiger partial charge in [0.15, 0.2) is 0 Å². The second kappa shape index (κ2) is 6.21. The van der Waals surface area contributed by atoms with E-state index in [-0.39, 0.29) is 11.3 Å². The Morgan fingerprint density at radius 3 is 2.25 bits per heavy atom. The highest BCUT2D eigenvalue weighted by Crippen LogP contribution is 2.16. The van der Waals surface area contributed by atoms with Crippen molar-refractivity contribution < 1.29 is 4.79 Å². The monoisotopic (exact) mass is 229 g/mol. The molecule has 1 amide bonds. The molecule has 0 aliphatic rings. The Hall–Kier alpha value is -0.610. The molecule has 0 spiro atoms. The van der Waals surface area contributed by atoms with E-state index in [1.54, 1.807) is 0 Å². The smallest absolute Gasteiger partial charge is 0.237 e. The molecule has 1 unspecified atom stereocenters. The van der Waals surface area contributed by atoms with Crippen molar-refractivity contribution in [3.8, 4) is 0 Å². The van der Waals surface area contributed by atoms with Gasteiger partial charge in [-0.15, -0.1) is 0 Å². The molecule has 0 aromatic rings. The Labute approximate surface area is 99.6 Å². The predicted octanol–water partition coefficient (Wildman–Crippen LogP) is 0.816. The fourth-order valence-corrected chi connectivity index (χ4v) is 1.12. The van der Waals surface area contributed by atoms with Gasteiger partial charge < -0.3 is 16.0 Å². The van der Waals surface area contributed by atoms with Crippen LogP contribution in [-0.4, -0.2) is 43.0 Å². The first-order valence-corrected chi connectivity index (χ1v) is 5.89. The van der Waals surface area contributed by atoms with Gasteiger partial charge in [0, 0.05) is 19.1 Å². The maximum absolute atomic E-state index is 11.7. The number of nitrogens with one attached hydrogen (secondary N) is 1. The van der Waals surface area contributed by atoms with E-state index in [0.29, 0.717) is 12.6 Å². The Morgan fingerprint density at radius 1 is 1.38 bits per heavy atom. The number of nitrogens with two attached hydrogens (primary N) is 1. The minimum Gasteiger partial charge on any atom is -0.353 e. The lowest BCUT2D eigenvalue weighted by molar-refractivity contribution is -0.124. The summed E-state index contributed by atoms with van der Waals surface area (Å²) in [6.45, 7) is 11.7. The molecule has 1 atom stereocenters. The van der Waals surface area contributed by atoms with Gasteiger partial charge in [-0.2, -0.15) is 0 Å². The molecule has 0 bridgehead atoms. The van der Waals surface area contributed by atoms with Crippen LogP contribution in [0.25, 0.3) is 0 Å². The molecule has 0 saturated heterocycles. The number of likely N-dealkylation sites (N-methyl/N-ethyl adjacent to an activating group) is 1. The van der Waals surface area contributed by atoms with Crippen LogP contribution >= 0.6 is 0 Å². The highest BCUT2D eigenvalue weighted by atomic mass is 16.2. The highest BCUT2D eigenvalue weighted by molar-refractivity contribution is 5.82. The first-order chi connectivity index (χ1) is 7.16. The van der Waals surface area contributed by atoms with Crippen LogP contribution in [0.15, 0.2) is 0 Å². The van der Waals surface area contributed by atoms with Crippen LogP contribution in [0.2, 0.25) is 0 Å². The third-order valence-electron chi connectivity index (χ3n) is 2.86. The van der Waals surface area contributed by atoms with Gasteiger partial charge in [-0.1, -0.05) is 20.8 Å². The Bertz CT molecular complexity index is 221. The van der Waals surface area contributed by atoms with E-state index in [0.717, 1.165) is 6.54 Å². The zero-order valence-corrected chi connectivity index (χ0v) is 11.5. The maximum Gasteiger partial charge on any atom is 0.237 e. The SMILES string of the molecule is CC(C)N(C)CCNC(=O)C(N)C(C)(C)C. The number of hydrogen-bond acceptors (Lipinski definition) is 3. The molecule has 0 aromatic carbocycles. The van der Waals surface area contributed by atoms with E-state index in [2.05, 4.69) is 24.1 Å². The van der Waals surface area contributed by atoms with Crippen LogP contribution in [0, 0.1) is 5.41 Å². The molecule has 0 radical (unpaired) electrons. The minimum atomic E-state index is -0.447. The Morgan fingerprint density at radius 2 is 1.88 bits per heavy atom. The highest BCUT2D eigenvalue weighted by Gasteiger charge is 2.26. The van der Waals surface area contributed by atoms with Crippen molar-refractivity contribution in [1.29, 1.82) is 0 Å². The quantitative estimate of drug-likeness (QED) is 0.733. The van der Waals surface area contributed by atoms with Crippen LogP contribution in [0.3, 0.4) is 0 Å². The zero-order valence-electron chi connectivity index (χ0n) is 11.5. The maximum atomic E-state index is 11.7. The van der Waals surface area contributed by atoms with Crippen LogP contribution in [-0.2, 0) is 4.79 Å². The van der Waals surface area contributed by atoms with E-state index < -0.39 is 6.04 Å². The van der Waals surface area contributed by atoms with Gasteiger partial charge in [-0.3, -0.25) is 4.79 Å². The van der Waals surface area contributed by atoms with Crippen molar-refractivity contribution in [1.82, 2.24) is 10.2 Å². The molecule has 0 aliphatic carbocycles. The Balaban J connectivity index is 3.91. The molecule has 0 rings (SSSR count). The Kier molecular flexibility index (Phi) is 5.97. The van der Waals surface area contributed by atoms with E-state index in [1.165, 1.54) is 0 Å². The number of rotatable bonds is 5. The molecule has 3 N–H and O–H groups in total. The van der Waals surface area contributed by atoms with E-state index in [9.17, 15) is 4.79 Å². The van der Waals surface area contributed by atoms with Crippen LogP contribution < -0.4 is 11.1 Å². The standard InChI is InChI=1S/C12H27N3O/c1-9(2)15(6)8-7-14-11(16)10(13)12(3,4)5/h9-10H,7-8,13H2,1-6H3,(H,14,16). The van der Waals surface area contributed by atoms with Crippen molar-refractivity contribution >= 4 is 5.91 Å². The molecule has 0 heterocycles. The van der Waals surface area contributed by atoms with Crippen molar-refractivity contribution in [3.63, 3.8) is 0 Å². The van der Waals surface area contributed by atoms with Gasteiger partial charge >= 0.3 is 0 Å². The second-order valence-electron chi connectivity index (χ2n) is 5.71. The number of nitrogens with zero attached hydrogens (tertiary/aromatic N) is 1. The number of amides is 1. The van der Waals surface area contributed by atoms with Crippen LogP contribution in [0.1, 0.15) is 34.6 Å². The summed E-state index contributed by atoms with van der Waals surface area (Å²) >= 11 is 0. The van der Waals surface area contributed by atoms with Gasteiger partial charge in [0.25, 0.3) is 0 Å². The molecule has 4 heteroatoms. The second-order valence-corrected chi connectivity index (χ2v) is 5.71. The third kappa shape index (κ3) is 5.47. The fraction of sp³-hybridized carbons (Fsp3) is 0.917. The normalized spacial score (nSPS) is 14.3. The molecular formula is C12H27N3O. The molecular weight excluding hydrogens is 202 g/mol. The van der Waals surface area contributed by atoms with Gasteiger partial charge in [0.2, 0.25) is 5.91 Å². The van der Waals surface area contributed by atoms with Gasteiger partial charge in [0.1, 0.15) is 0 Å². The summed E-state index contributed by atoms with van der Waals surface area (Å²) in [7, 11) is 2.04. The predicted molar refractivity (Wildman–Crippen MR) is 68.2 cm³/mol. The van der Waals surface area contributed by atoms with Gasteiger partial charge in [-0.25, -0.2) is 0 Å². The molecule has 0 saturated carbocycles. The topological polar surface area (TPSA) is 58.4 Å². The summed E-state index contributed by atoms with van der Waals surface area (Å²) in [4.78, 5) is 13.9. The minimum absolute atomic E-state index is 0.0651. The van der Waals surface area contributed by atoms with Crippen molar-refractivity contribution in [3.05, 3.63) is 0 Å². The summed E-state index contributed by atoms with van der Waals surface area (Å²) in [6, 6.07) is 0.0463. The van der Waals surface area contributed by atoms with Gasteiger partial charge in [-0.05, 0) is 26.3 Å². The molecule has 0 aliphatic heterocycles. The van der Waals surface area contributed by atoms with Crippen LogP contribution in [0.5, 0.6) is 0 Å². The average molecular weight is 229 g/mol. The summed E-state index contributed by atoms with van der Waals surface area (Å²) in [5.74, 6) is -0.0651. The zero-order chi connectivity index (χ0) is 12.9. The van der Waals surface area contributed by atoms with Crippen molar-refractivity contribution in [2.45, 2.75) is 46.7 Å². The van der Waals surface area contributed by atoms with E-state index >= 15 is 0 Å². The molecule has 16 heavy (non-hydrogen) atoms. The summed E-state index contributed by atoms with van der Waals surface area (Å²) < 4.78 is 0. The fourth-order valence-electron chi connectivity index (χ4n) is 1.12. The van der Waals surface area contributed by atoms with Crippen molar-refractivity contribution in [2.75, 3.05) is 20.1 Å². The summed E-state index contributed by atoms with van der Waals surface area (Å²) in [5, 5.41) is 2.87. The third-order valence-corrected chi connectivity index (χ3v) is 2.86. The lowest BCUT2D eigenvalue weighted by atomic mass is 9.87. The molecule has 96 valence electrons. The molecule has 4 nitrogen and oxygen atoms in total. The summed E-state index contributed by atoms with van der Waals surface area (Å²) in [5.41, 5.74) is 5.66. The molecule has 0 fully saturated rings. The van der Waals surface area contributed by atoms with Crippen LogP contribution in [0.4, 0.5) is 0 Å². The van der Waals surface area contributed by atoms with Crippen molar-refractivity contribution in [2.24, 2.45) is 11.1 Å². The first-order valence-electron chi connectivity index (χ1n) is 5.89. The lowest BCUT2D eigenvalue weighted by Crippen LogP contribution is -2.50. The molecule has 0 aromatic heterocycles. The van der Waals surface area contributed by atoms with E-state index in [1.807, 2.05) is 27.8 Å². The first kappa shape index (κ1) is 15.4. The number of carbonyl (C=O) groups excluding carboxylic acids is 1. The largest absolute Gasteiger partial charge is 0.353 e. The summed E-state index contributed by atoms with van der Waals surface area (Å²) in [6.07, 6.45) is 0. The van der Waals surface area contributed by atoms with E-state index in [4.69, 9.17) is 5.73 Å². The van der Waals surface area contributed by atoms with Gasteiger partial charge in [0.05, 0.1) is 6.04 Å².